The van der Waals surface area contributed by atoms with Gasteiger partial charge in [0.05, 0.1) is 5.69 Å². The Kier molecular flexibility index (Phi) is 6.34. The number of carbonyl (C=O) groups is 1. The Balaban J connectivity index is 2.16. The van der Waals surface area contributed by atoms with Gasteiger partial charge in [0, 0.05) is 12.7 Å². The maximum absolute atomic E-state index is 14.1. The van der Waals surface area contributed by atoms with Crippen molar-refractivity contribution in [1.82, 2.24) is 9.78 Å². The molecule has 1 amide bonds. The molecule has 0 spiro atoms. The minimum Gasteiger partial charge on any atom is -0.322 e. The van der Waals surface area contributed by atoms with Crippen molar-refractivity contribution in [2.45, 2.75) is 52.9 Å². The van der Waals surface area contributed by atoms with E-state index in [2.05, 4.69) is 31.2 Å². The zero-order valence-corrected chi connectivity index (χ0v) is 15.8. The van der Waals surface area contributed by atoms with E-state index in [1.54, 1.807) is 6.92 Å². The molecule has 4 nitrogen and oxygen atoms in total. The summed E-state index contributed by atoms with van der Waals surface area (Å²) in [6, 6.07) is 7.75. The zero-order valence-electron chi connectivity index (χ0n) is 15.8. The molecule has 1 N–H and O–H groups in total. The van der Waals surface area contributed by atoms with Crippen molar-refractivity contribution >= 4 is 11.6 Å². The second-order valence-corrected chi connectivity index (χ2v) is 7.14. The van der Waals surface area contributed by atoms with Gasteiger partial charge in [-0.05, 0) is 36.8 Å². The molecule has 0 aliphatic rings. The number of aryl methyl sites for hydroxylation is 2. The van der Waals surface area contributed by atoms with Gasteiger partial charge in [0.1, 0.15) is 5.56 Å². The highest BCUT2D eigenvalue weighted by Crippen LogP contribution is 2.29. The summed E-state index contributed by atoms with van der Waals surface area (Å²) in [6.07, 6.45) is 3.40. The molecule has 1 unspecified atom stereocenters. The number of rotatable bonds is 7. The number of anilines is 1. The van der Waals surface area contributed by atoms with Crippen molar-refractivity contribution in [3.63, 3.8) is 0 Å². The van der Waals surface area contributed by atoms with E-state index in [0.717, 1.165) is 28.8 Å². The molecular formula is C20H28FN3O. The monoisotopic (exact) mass is 345 g/mol. The molecule has 0 saturated heterocycles. The van der Waals surface area contributed by atoms with E-state index in [4.69, 9.17) is 0 Å². The van der Waals surface area contributed by atoms with Crippen LogP contribution < -0.4 is 5.32 Å². The fourth-order valence-corrected chi connectivity index (χ4v) is 3.10. The Morgan fingerprint density at radius 3 is 2.52 bits per heavy atom. The first-order valence-electron chi connectivity index (χ1n) is 8.90. The second-order valence-electron chi connectivity index (χ2n) is 7.14. The van der Waals surface area contributed by atoms with E-state index in [1.807, 2.05) is 24.3 Å². The summed E-state index contributed by atoms with van der Waals surface area (Å²) in [4.78, 5) is 12.5. The molecule has 1 aromatic heterocycles. The van der Waals surface area contributed by atoms with E-state index in [1.165, 1.54) is 13.5 Å². The third-order valence-electron chi connectivity index (χ3n) is 4.54. The molecular weight excluding hydrogens is 317 g/mol. The molecule has 25 heavy (non-hydrogen) atoms. The van der Waals surface area contributed by atoms with Gasteiger partial charge in [0.25, 0.3) is 5.91 Å². The van der Waals surface area contributed by atoms with E-state index in [9.17, 15) is 9.18 Å². The minimum atomic E-state index is -0.613. The highest BCUT2D eigenvalue weighted by atomic mass is 19.1. The van der Waals surface area contributed by atoms with Gasteiger partial charge in [0.15, 0.2) is 0 Å². The second kappa shape index (κ2) is 8.28. The van der Waals surface area contributed by atoms with Crippen molar-refractivity contribution in [3.05, 3.63) is 47.0 Å². The van der Waals surface area contributed by atoms with Crippen LogP contribution in [0.4, 0.5) is 10.1 Å². The fraction of sp³-hybridized carbons (Fsp3) is 0.500. The molecule has 5 heteroatoms. The van der Waals surface area contributed by atoms with Crippen LogP contribution in [0, 0.1) is 18.8 Å². The van der Waals surface area contributed by atoms with Gasteiger partial charge in [-0.3, -0.25) is 4.79 Å². The summed E-state index contributed by atoms with van der Waals surface area (Å²) in [5, 5.41) is 6.84. The standard InChI is InChI=1S/C20H28FN3O/c1-13(2)9-8-10-14(3)16-11-6-7-12-17(16)22-20(25)18-15(4)23-24(5)19(18)21/h6-7,11-14H,8-10H2,1-5H3,(H,22,25). The predicted octanol–water partition coefficient (Wildman–Crippen LogP) is 5.05. The normalized spacial score (nSPS) is 12.4. The summed E-state index contributed by atoms with van der Waals surface area (Å²) in [6.45, 7) is 8.26. The SMILES string of the molecule is Cc1nn(C)c(F)c1C(=O)Nc1ccccc1C(C)CCCC(C)C. The average molecular weight is 345 g/mol. The number of hydrogen-bond acceptors (Lipinski definition) is 2. The number of benzene rings is 1. The Morgan fingerprint density at radius 2 is 1.92 bits per heavy atom. The predicted molar refractivity (Wildman–Crippen MR) is 99.4 cm³/mol. The van der Waals surface area contributed by atoms with E-state index < -0.39 is 11.9 Å². The van der Waals surface area contributed by atoms with Gasteiger partial charge >= 0.3 is 0 Å². The van der Waals surface area contributed by atoms with Crippen molar-refractivity contribution in [2.24, 2.45) is 13.0 Å². The molecule has 0 saturated carbocycles. The van der Waals surface area contributed by atoms with Crippen LogP contribution in [0.5, 0.6) is 0 Å². The summed E-state index contributed by atoms with van der Waals surface area (Å²) >= 11 is 0. The van der Waals surface area contributed by atoms with Crippen LogP contribution in [-0.2, 0) is 7.05 Å². The number of halogens is 1. The van der Waals surface area contributed by atoms with Gasteiger partial charge < -0.3 is 5.32 Å². The first-order chi connectivity index (χ1) is 11.8. The van der Waals surface area contributed by atoms with Crippen LogP contribution in [0.2, 0.25) is 0 Å². The summed E-state index contributed by atoms with van der Waals surface area (Å²) in [5.41, 5.74) is 2.22. The van der Waals surface area contributed by atoms with Gasteiger partial charge in [-0.25, -0.2) is 4.68 Å². The maximum atomic E-state index is 14.1. The largest absolute Gasteiger partial charge is 0.322 e. The van der Waals surface area contributed by atoms with Crippen LogP contribution in [-0.4, -0.2) is 15.7 Å². The summed E-state index contributed by atoms with van der Waals surface area (Å²) < 4.78 is 15.2. The van der Waals surface area contributed by atoms with E-state index in [0.29, 0.717) is 17.5 Å². The van der Waals surface area contributed by atoms with Crippen LogP contribution in [0.15, 0.2) is 24.3 Å². The first kappa shape index (κ1) is 19.2. The Labute approximate surface area is 149 Å². The lowest BCUT2D eigenvalue weighted by Crippen LogP contribution is -2.16. The Morgan fingerprint density at radius 1 is 1.24 bits per heavy atom. The van der Waals surface area contributed by atoms with E-state index >= 15 is 0 Å². The minimum absolute atomic E-state index is 0.00441. The number of carbonyl (C=O) groups excluding carboxylic acids is 1. The smallest absolute Gasteiger partial charge is 0.262 e. The summed E-state index contributed by atoms with van der Waals surface area (Å²) in [7, 11) is 1.49. The molecule has 2 aromatic rings. The van der Waals surface area contributed by atoms with Crippen molar-refractivity contribution in [3.8, 4) is 0 Å². The third kappa shape index (κ3) is 4.68. The van der Waals surface area contributed by atoms with Gasteiger partial charge in [-0.1, -0.05) is 51.8 Å². The Bertz CT molecular complexity index is 737. The number of aromatic nitrogens is 2. The van der Waals surface area contributed by atoms with Gasteiger partial charge in [0.2, 0.25) is 5.95 Å². The third-order valence-corrected chi connectivity index (χ3v) is 4.54. The van der Waals surface area contributed by atoms with Crippen LogP contribution in [0.1, 0.15) is 67.6 Å². The molecule has 136 valence electrons. The molecule has 0 fully saturated rings. The lowest BCUT2D eigenvalue weighted by atomic mass is 9.92. The van der Waals surface area contributed by atoms with Crippen molar-refractivity contribution in [2.75, 3.05) is 5.32 Å². The lowest BCUT2D eigenvalue weighted by molar-refractivity contribution is 0.102. The molecule has 1 aromatic carbocycles. The fourth-order valence-electron chi connectivity index (χ4n) is 3.10. The number of para-hydroxylation sites is 1. The highest BCUT2D eigenvalue weighted by molar-refractivity contribution is 6.05. The number of nitrogens with one attached hydrogen (secondary N) is 1. The quantitative estimate of drug-likeness (QED) is 0.763. The summed E-state index contributed by atoms with van der Waals surface area (Å²) in [5.74, 6) is -0.0452. The number of hydrogen-bond donors (Lipinski definition) is 1. The molecule has 0 aliphatic carbocycles. The van der Waals surface area contributed by atoms with Crippen molar-refractivity contribution in [1.29, 1.82) is 0 Å². The average Bonchev–Trinajstić information content (AvgIpc) is 2.80. The lowest BCUT2D eigenvalue weighted by Gasteiger charge is -2.17. The number of nitrogens with zero attached hydrogens (tertiary/aromatic N) is 2. The molecule has 2 rings (SSSR count). The molecule has 0 bridgehead atoms. The molecule has 0 aliphatic heterocycles. The van der Waals surface area contributed by atoms with Gasteiger partial charge in [-0.15, -0.1) is 0 Å². The van der Waals surface area contributed by atoms with Crippen molar-refractivity contribution < 1.29 is 9.18 Å². The number of amides is 1. The zero-order chi connectivity index (χ0) is 18.6. The highest BCUT2D eigenvalue weighted by Gasteiger charge is 2.21. The molecule has 0 radical (unpaired) electrons. The van der Waals surface area contributed by atoms with E-state index in [-0.39, 0.29) is 5.56 Å². The van der Waals surface area contributed by atoms with Crippen LogP contribution in [0.25, 0.3) is 0 Å². The first-order valence-corrected chi connectivity index (χ1v) is 8.90. The molecule has 1 atom stereocenters. The topological polar surface area (TPSA) is 46.9 Å². The van der Waals surface area contributed by atoms with Gasteiger partial charge in [-0.2, -0.15) is 9.49 Å². The van der Waals surface area contributed by atoms with Crippen LogP contribution >= 0.6 is 0 Å². The molecule has 1 heterocycles. The Hall–Kier alpha value is -2.17. The van der Waals surface area contributed by atoms with Crippen LogP contribution in [0.3, 0.4) is 0 Å². The maximum Gasteiger partial charge on any atom is 0.262 e.